The molecule has 0 aromatic heterocycles. The maximum Gasteiger partial charge on any atom is 0.322 e. The predicted molar refractivity (Wildman–Crippen MR) is 64.4 cm³/mol. The zero-order valence-corrected chi connectivity index (χ0v) is 10.9. The number of carbonyl (C=O) groups excluding carboxylic acids is 1. The van der Waals surface area contributed by atoms with Crippen molar-refractivity contribution in [1.82, 2.24) is 5.32 Å². The van der Waals surface area contributed by atoms with E-state index >= 15 is 0 Å². The van der Waals surface area contributed by atoms with Crippen LogP contribution in [0.15, 0.2) is 0 Å². The first-order valence-electron chi connectivity index (χ1n) is 6.02. The Hall–Kier alpha value is -0.610. The molecular formula is C12H25NO3. The minimum Gasteiger partial charge on any atom is -0.468 e. The highest BCUT2D eigenvalue weighted by atomic mass is 16.5. The first-order valence-corrected chi connectivity index (χ1v) is 6.02. The second-order valence-electron chi connectivity index (χ2n) is 3.95. The summed E-state index contributed by atoms with van der Waals surface area (Å²) in [6.07, 6.45) is 3.86. The highest BCUT2D eigenvalue weighted by molar-refractivity contribution is 5.75. The van der Waals surface area contributed by atoms with Crippen LogP contribution in [0.4, 0.5) is 0 Å². The van der Waals surface area contributed by atoms with E-state index in [1.807, 2.05) is 0 Å². The molecule has 0 spiro atoms. The number of unbranched alkanes of at least 4 members (excludes halogenated alkanes) is 1. The van der Waals surface area contributed by atoms with E-state index in [0.29, 0.717) is 6.61 Å². The summed E-state index contributed by atoms with van der Waals surface area (Å²) in [5.74, 6) is -0.178. The van der Waals surface area contributed by atoms with Gasteiger partial charge in [-0.3, -0.25) is 10.1 Å². The number of methoxy groups -OCH3 is 2. The molecule has 0 aromatic rings. The molecule has 0 fully saturated rings. The van der Waals surface area contributed by atoms with Crippen LogP contribution in [0, 0.1) is 0 Å². The van der Waals surface area contributed by atoms with Crippen molar-refractivity contribution < 1.29 is 14.3 Å². The molecule has 0 heterocycles. The Balaban J connectivity index is 4.21. The van der Waals surface area contributed by atoms with Gasteiger partial charge in [0.15, 0.2) is 0 Å². The Morgan fingerprint density at radius 2 is 2.00 bits per heavy atom. The number of rotatable bonds is 9. The molecule has 4 nitrogen and oxygen atoms in total. The first-order chi connectivity index (χ1) is 7.69. The van der Waals surface area contributed by atoms with Gasteiger partial charge in [-0.05, 0) is 12.8 Å². The molecule has 0 saturated carbocycles. The Kier molecular flexibility index (Phi) is 9.24. The maximum atomic E-state index is 11.5. The largest absolute Gasteiger partial charge is 0.468 e. The van der Waals surface area contributed by atoms with Crippen LogP contribution in [-0.2, 0) is 14.3 Å². The van der Waals surface area contributed by atoms with Gasteiger partial charge >= 0.3 is 5.97 Å². The molecule has 2 atom stereocenters. The average Bonchev–Trinajstić information content (AvgIpc) is 2.32. The highest BCUT2D eigenvalue weighted by Crippen LogP contribution is 2.05. The summed E-state index contributed by atoms with van der Waals surface area (Å²) in [5.41, 5.74) is 0. The molecule has 0 aliphatic heterocycles. The molecule has 0 saturated heterocycles. The number of carbonyl (C=O) groups is 1. The third-order valence-electron chi connectivity index (χ3n) is 2.63. The third kappa shape index (κ3) is 6.08. The van der Waals surface area contributed by atoms with Crippen molar-refractivity contribution in [3.63, 3.8) is 0 Å². The van der Waals surface area contributed by atoms with E-state index in [1.54, 1.807) is 7.11 Å². The number of ether oxygens (including phenoxy) is 2. The van der Waals surface area contributed by atoms with Crippen LogP contribution in [0.1, 0.15) is 39.5 Å². The molecule has 2 unspecified atom stereocenters. The van der Waals surface area contributed by atoms with Crippen molar-refractivity contribution >= 4 is 5.97 Å². The summed E-state index contributed by atoms with van der Waals surface area (Å²) in [6.45, 7) is 4.81. The normalized spacial score (nSPS) is 14.5. The molecule has 96 valence electrons. The number of hydrogen-bond donors (Lipinski definition) is 1. The molecule has 0 amide bonds. The highest BCUT2D eigenvalue weighted by Gasteiger charge is 2.21. The summed E-state index contributed by atoms with van der Waals surface area (Å²) < 4.78 is 9.89. The first kappa shape index (κ1) is 15.4. The van der Waals surface area contributed by atoms with Crippen molar-refractivity contribution in [2.75, 3.05) is 20.8 Å². The van der Waals surface area contributed by atoms with Crippen LogP contribution in [0.25, 0.3) is 0 Å². The Morgan fingerprint density at radius 1 is 1.31 bits per heavy atom. The smallest absolute Gasteiger partial charge is 0.322 e. The minimum atomic E-state index is -0.204. The van der Waals surface area contributed by atoms with Crippen LogP contribution >= 0.6 is 0 Å². The summed E-state index contributed by atoms with van der Waals surface area (Å²) in [6, 6.07) is 0.0102. The van der Waals surface area contributed by atoms with Gasteiger partial charge in [-0.2, -0.15) is 0 Å². The fourth-order valence-electron chi connectivity index (χ4n) is 1.59. The van der Waals surface area contributed by atoms with Gasteiger partial charge in [-0.1, -0.05) is 26.7 Å². The topological polar surface area (TPSA) is 47.6 Å². The van der Waals surface area contributed by atoms with Crippen LogP contribution in [-0.4, -0.2) is 38.9 Å². The molecule has 0 aromatic carbocycles. The molecule has 0 aliphatic carbocycles. The fraction of sp³-hybridized carbons (Fsp3) is 0.917. The van der Waals surface area contributed by atoms with Crippen molar-refractivity contribution in [3.05, 3.63) is 0 Å². The third-order valence-corrected chi connectivity index (χ3v) is 2.63. The molecule has 0 radical (unpaired) electrons. The monoisotopic (exact) mass is 231 g/mol. The molecule has 0 aliphatic rings. The molecule has 1 N–H and O–H groups in total. The van der Waals surface area contributed by atoms with E-state index < -0.39 is 0 Å². The SMILES string of the molecule is CCCCC(NC(CC)COC)C(=O)OC. The maximum absolute atomic E-state index is 11.5. The lowest BCUT2D eigenvalue weighted by Gasteiger charge is -2.22. The average molecular weight is 231 g/mol. The Morgan fingerprint density at radius 3 is 2.44 bits per heavy atom. The van der Waals surface area contributed by atoms with Gasteiger partial charge in [0.05, 0.1) is 13.7 Å². The lowest BCUT2D eigenvalue weighted by Crippen LogP contribution is -2.45. The van der Waals surface area contributed by atoms with E-state index in [1.165, 1.54) is 7.11 Å². The lowest BCUT2D eigenvalue weighted by atomic mass is 10.1. The van der Waals surface area contributed by atoms with Crippen LogP contribution in [0.3, 0.4) is 0 Å². The van der Waals surface area contributed by atoms with Crippen LogP contribution < -0.4 is 5.32 Å². The van der Waals surface area contributed by atoms with Gasteiger partial charge < -0.3 is 9.47 Å². The van der Waals surface area contributed by atoms with E-state index in [0.717, 1.165) is 25.7 Å². The molecule has 16 heavy (non-hydrogen) atoms. The molecule has 0 rings (SSSR count). The van der Waals surface area contributed by atoms with Gasteiger partial charge in [0.1, 0.15) is 6.04 Å². The van der Waals surface area contributed by atoms with Gasteiger partial charge in [0, 0.05) is 13.2 Å². The summed E-state index contributed by atoms with van der Waals surface area (Å²) in [5, 5.41) is 3.29. The standard InChI is InChI=1S/C12H25NO3/c1-5-7-8-11(12(14)16-4)13-10(6-2)9-15-3/h10-11,13H,5-9H2,1-4H3. The second-order valence-corrected chi connectivity index (χ2v) is 3.95. The van der Waals surface area contributed by atoms with Gasteiger partial charge in [-0.25, -0.2) is 0 Å². The van der Waals surface area contributed by atoms with E-state index in [-0.39, 0.29) is 18.1 Å². The van der Waals surface area contributed by atoms with E-state index in [2.05, 4.69) is 19.2 Å². The number of hydrogen-bond acceptors (Lipinski definition) is 4. The predicted octanol–water partition coefficient (Wildman–Crippen LogP) is 1.73. The number of esters is 1. The zero-order chi connectivity index (χ0) is 12.4. The van der Waals surface area contributed by atoms with Crippen molar-refractivity contribution in [3.8, 4) is 0 Å². The van der Waals surface area contributed by atoms with Gasteiger partial charge in [0.25, 0.3) is 0 Å². The second kappa shape index (κ2) is 9.60. The minimum absolute atomic E-state index is 0.178. The van der Waals surface area contributed by atoms with E-state index in [9.17, 15) is 4.79 Å². The molecule has 0 bridgehead atoms. The molecular weight excluding hydrogens is 206 g/mol. The van der Waals surface area contributed by atoms with Gasteiger partial charge in [-0.15, -0.1) is 0 Å². The molecule has 4 heteroatoms. The van der Waals surface area contributed by atoms with Crippen LogP contribution in [0.5, 0.6) is 0 Å². The van der Waals surface area contributed by atoms with Crippen LogP contribution in [0.2, 0.25) is 0 Å². The summed E-state index contributed by atoms with van der Waals surface area (Å²) in [4.78, 5) is 11.5. The lowest BCUT2D eigenvalue weighted by molar-refractivity contribution is -0.143. The summed E-state index contributed by atoms with van der Waals surface area (Å²) >= 11 is 0. The van der Waals surface area contributed by atoms with Crippen molar-refractivity contribution in [2.45, 2.75) is 51.6 Å². The fourth-order valence-corrected chi connectivity index (χ4v) is 1.59. The number of nitrogens with one attached hydrogen (secondary N) is 1. The van der Waals surface area contributed by atoms with Crippen molar-refractivity contribution in [1.29, 1.82) is 0 Å². The van der Waals surface area contributed by atoms with Gasteiger partial charge in [0.2, 0.25) is 0 Å². The van der Waals surface area contributed by atoms with E-state index in [4.69, 9.17) is 9.47 Å². The Bertz CT molecular complexity index is 185. The zero-order valence-electron chi connectivity index (χ0n) is 10.9. The quantitative estimate of drug-likeness (QED) is 0.614. The Labute approximate surface area is 98.7 Å². The summed E-state index contributed by atoms with van der Waals surface area (Å²) in [7, 11) is 3.10. The van der Waals surface area contributed by atoms with Crippen molar-refractivity contribution in [2.24, 2.45) is 0 Å².